The Morgan fingerprint density at radius 1 is 1.43 bits per heavy atom. The molecule has 21 heavy (non-hydrogen) atoms. The molecule has 0 saturated carbocycles. The molecule has 1 unspecified atom stereocenters. The number of aliphatic carboxylic acids is 1. The average molecular weight is 295 g/mol. The standard InChI is InChI=1S/C13H17N3O5/c1-2-13(11(19)20)4-3-5-16(7-13)10(18)8-6-14-12(21)15-9(8)17/h6H,2-5,7H2,1H3,(H,19,20)(H2,14,15,17,21). The first-order chi connectivity index (χ1) is 9.89. The molecule has 1 saturated heterocycles. The number of carbonyl (C=O) groups excluding carboxylic acids is 1. The first kappa shape index (κ1) is 15.0. The fraction of sp³-hybridized carbons (Fsp3) is 0.538. The summed E-state index contributed by atoms with van der Waals surface area (Å²) < 4.78 is 0. The van der Waals surface area contributed by atoms with Crippen LogP contribution < -0.4 is 11.2 Å². The summed E-state index contributed by atoms with van der Waals surface area (Å²) in [5.74, 6) is -1.50. The van der Waals surface area contributed by atoms with E-state index in [0.29, 0.717) is 25.8 Å². The van der Waals surface area contributed by atoms with Crippen molar-refractivity contribution in [3.63, 3.8) is 0 Å². The van der Waals surface area contributed by atoms with Crippen LogP contribution in [0, 0.1) is 5.41 Å². The number of likely N-dealkylation sites (tertiary alicyclic amines) is 1. The van der Waals surface area contributed by atoms with Crippen LogP contribution >= 0.6 is 0 Å². The number of rotatable bonds is 3. The Morgan fingerprint density at radius 2 is 2.14 bits per heavy atom. The van der Waals surface area contributed by atoms with Crippen LogP contribution in [0.2, 0.25) is 0 Å². The van der Waals surface area contributed by atoms with E-state index in [1.165, 1.54) is 4.90 Å². The molecule has 8 nitrogen and oxygen atoms in total. The monoisotopic (exact) mass is 295 g/mol. The minimum Gasteiger partial charge on any atom is -0.481 e. The average Bonchev–Trinajstić information content (AvgIpc) is 2.46. The first-order valence-corrected chi connectivity index (χ1v) is 6.74. The van der Waals surface area contributed by atoms with Crippen LogP contribution in [0.5, 0.6) is 0 Å². The number of piperidine rings is 1. The van der Waals surface area contributed by atoms with Gasteiger partial charge in [0.05, 0.1) is 5.41 Å². The minimum absolute atomic E-state index is 0.0657. The molecule has 0 aromatic carbocycles. The number of carboxylic acid groups (broad SMARTS) is 1. The topological polar surface area (TPSA) is 123 Å². The number of nitrogens with one attached hydrogen (secondary N) is 2. The van der Waals surface area contributed by atoms with Gasteiger partial charge in [0.1, 0.15) is 5.56 Å². The van der Waals surface area contributed by atoms with Gasteiger partial charge in [0.25, 0.3) is 11.5 Å². The van der Waals surface area contributed by atoms with E-state index in [0.717, 1.165) is 6.20 Å². The maximum atomic E-state index is 12.3. The first-order valence-electron chi connectivity index (χ1n) is 6.74. The van der Waals surface area contributed by atoms with Crippen molar-refractivity contribution >= 4 is 11.9 Å². The molecular formula is C13H17N3O5. The maximum absolute atomic E-state index is 12.3. The molecule has 1 aromatic rings. The molecule has 1 aromatic heterocycles. The van der Waals surface area contributed by atoms with Crippen LogP contribution in [0.1, 0.15) is 36.5 Å². The predicted octanol–water partition coefficient (Wildman–Crippen LogP) is -0.220. The zero-order valence-electron chi connectivity index (χ0n) is 11.6. The molecule has 0 spiro atoms. The van der Waals surface area contributed by atoms with Crippen LogP contribution in [0.3, 0.4) is 0 Å². The van der Waals surface area contributed by atoms with E-state index < -0.39 is 28.5 Å². The molecule has 1 aliphatic rings. The van der Waals surface area contributed by atoms with E-state index in [1.807, 2.05) is 4.98 Å². The van der Waals surface area contributed by atoms with Gasteiger partial charge in [0.15, 0.2) is 0 Å². The van der Waals surface area contributed by atoms with Crippen LogP contribution in [-0.2, 0) is 4.79 Å². The molecule has 8 heteroatoms. The van der Waals surface area contributed by atoms with Gasteiger partial charge in [-0.3, -0.25) is 19.4 Å². The van der Waals surface area contributed by atoms with Gasteiger partial charge in [-0.2, -0.15) is 0 Å². The molecule has 2 rings (SSSR count). The second-order valence-electron chi connectivity index (χ2n) is 5.25. The quantitative estimate of drug-likeness (QED) is 0.711. The number of hydrogen-bond donors (Lipinski definition) is 3. The summed E-state index contributed by atoms with van der Waals surface area (Å²) in [6, 6.07) is 0. The van der Waals surface area contributed by atoms with Crippen LogP contribution in [0.15, 0.2) is 15.8 Å². The molecule has 1 aliphatic heterocycles. The van der Waals surface area contributed by atoms with Gasteiger partial charge in [0.2, 0.25) is 0 Å². The summed E-state index contributed by atoms with van der Waals surface area (Å²) in [5.41, 5.74) is -2.62. The summed E-state index contributed by atoms with van der Waals surface area (Å²) in [6.07, 6.45) is 2.54. The normalized spacial score (nSPS) is 22.0. The molecule has 3 N–H and O–H groups in total. The van der Waals surface area contributed by atoms with Crippen molar-refractivity contribution in [3.05, 3.63) is 32.6 Å². The number of hydrogen-bond acceptors (Lipinski definition) is 4. The van der Waals surface area contributed by atoms with E-state index >= 15 is 0 Å². The van der Waals surface area contributed by atoms with Crippen molar-refractivity contribution < 1.29 is 14.7 Å². The minimum atomic E-state index is -0.969. The van der Waals surface area contributed by atoms with Crippen molar-refractivity contribution in [1.29, 1.82) is 0 Å². The highest BCUT2D eigenvalue weighted by Crippen LogP contribution is 2.34. The molecule has 1 amide bonds. The number of aromatic amines is 2. The third kappa shape index (κ3) is 2.74. The van der Waals surface area contributed by atoms with Gasteiger partial charge in [-0.15, -0.1) is 0 Å². The zero-order valence-corrected chi connectivity index (χ0v) is 11.6. The lowest BCUT2D eigenvalue weighted by Gasteiger charge is -2.39. The van der Waals surface area contributed by atoms with Crippen molar-refractivity contribution in [2.45, 2.75) is 26.2 Å². The largest absolute Gasteiger partial charge is 0.481 e. The van der Waals surface area contributed by atoms with E-state index in [-0.39, 0.29) is 12.1 Å². The maximum Gasteiger partial charge on any atom is 0.325 e. The van der Waals surface area contributed by atoms with Crippen molar-refractivity contribution in [3.8, 4) is 0 Å². The molecular weight excluding hydrogens is 278 g/mol. The number of carbonyl (C=O) groups is 2. The molecule has 1 atom stereocenters. The van der Waals surface area contributed by atoms with Gasteiger partial charge >= 0.3 is 11.7 Å². The Morgan fingerprint density at radius 3 is 2.71 bits per heavy atom. The Balaban J connectivity index is 2.29. The van der Waals surface area contributed by atoms with Crippen molar-refractivity contribution in [2.75, 3.05) is 13.1 Å². The second-order valence-corrected chi connectivity index (χ2v) is 5.25. The fourth-order valence-electron chi connectivity index (χ4n) is 2.66. The van der Waals surface area contributed by atoms with Gasteiger partial charge in [-0.05, 0) is 19.3 Å². The van der Waals surface area contributed by atoms with Gasteiger partial charge in [-0.25, -0.2) is 4.79 Å². The fourth-order valence-corrected chi connectivity index (χ4v) is 2.66. The SMILES string of the molecule is CCC1(C(=O)O)CCCN(C(=O)c2c[nH]c(=O)[nH]c2=O)C1. The van der Waals surface area contributed by atoms with E-state index in [1.54, 1.807) is 6.92 Å². The van der Waals surface area contributed by atoms with Gasteiger partial charge in [-0.1, -0.05) is 6.92 Å². The van der Waals surface area contributed by atoms with Crippen LogP contribution in [-0.4, -0.2) is 44.9 Å². The Labute approximate surface area is 119 Å². The summed E-state index contributed by atoms with van der Waals surface area (Å²) >= 11 is 0. The molecule has 114 valence electrons. The summed E-state index contributed by atoms with van der Waals surface area (Å²) in [4.78, 5) is 52.0. The zero-order chi connectivity index (χ0) is 15.6. The third-order valence-electron chi connectivity index (χ3n) is 4.04. The highest BCUT2D eigenvalue weighted by Gasteiger charge is 2.42. The number of aromatic nitrogens is 2. The van der Waals surface area contributed by atoms with E-state index in [4.69, 9.17) is 0 Å². The smallest absolute Gasteiger partial charge is 0.325 e. The Hall–Kier alpha value is -2.38. The lowest BCUT2D eigenvalue weighted by molar-refractivity contribution is -0.152. The highest BCUT2D eigenvalue weighted by molar-refractivity contribution is 5.94. The van der Waals surface area contributed by atoms with Gasteiger partial charge in [0, 0.05) is 19.3 Å². The summed E-state index contributed by atoms with van der Waals surface area (Å²) in [7, 11) is 0. The summed E-state index contributed by atoms with van der Waals surface area (Å²) in [6.45, 7) is 2.23. The van der Waals surface area contributed by atoms with Crippen LogP contribution in [0.25, 0.3) is 0 Å². The molecule has 0 radical (unpaired) electrons. The summed E-state index contributed by atoms with van der Waals surface area (Å²) in [5, 5.41) is 9.40. The van der Waals surface area contributed by atoms with Crippen molar-refractivity contribution in [2.24, 2.45) is 5.41 Å². The van der Waals surface area contributed by atoms with Crippen LogP contribution in [0.4, 0.5) is 0 Å². The highest BCUT2D eigenvalue weighted by atomic mass is 16.4. The number of amides is 1. The van der Waals surface area contributed by atoms with E-state index in [9.17, 15) is 24.3 Å². The number of H-pyrrole nitrogens is 2. The second kappa shape index (κ2) is 5.55. The number of nitrogens with zero attached hydrogens (tertiary/aromatic N) is 1. The Kier molecular flexibility index (Phi) is 3.97. The lowest BCUT2D eigenvalue weighted by atomic mass is 9.77. The van der Waals surface area contributed by atoms with Crippen molar-refractivity contribution in [1.82, 2.24) is 14.9 Å². The number of carboxylic acids is 1. The van der Waals surface area contributed by atoms with Gasteiger partial charge < -0.3 is 15.0 Å². The van der Waals surface area contributed by atoms with E-state index in [2.05, 4.69) is 4.98 Å². The molecule has 1 fully saturated rings. The third-order valence-corrected chi connectivity index (χ3v) is 4.04. The molecule has 2 heterocycles. The molecule has 0 aliphatic carbocycles. The Bertz CT molecular complexity index is 677. The lowest BCUT2D eigenvalue weighted by Crippen LogP contribution is -2.50. The predicted molar refractivity (Wildman–Crippen MR) is 73.2 cm³/mol. The molecule has 0 bridgehead atoms.